The van der Waals surface area contributed by atoms with Gasteiger partial charge < -0.3 is 10.6 Å². The first kappa shape index (κ1) is 19.7. The van der Waals surface area contributed by atoms with E-state index in [1.807, 2.05) is 75.2 Å². The van der Waals surface area contributed by atoms with Gasteiger partial charge in [-0.05, 0) is 30.8 Å². The van der Waals surface area contributed by atoms with Crippen molar-refractivity contribution in [2.45, 2.75) is 27.3 Å². The molecular formula is C21H27N3O2. The van der Waals surface area contributed by atoms with Crippen LogP contribution in [0.25, 0.3) is 0 Å². The van der Waals surface area contributed by atoms with Crippen LogP contribution in [0.2, 0.25) is 0 Å². The summed E-state index contributed by atoms with van der Waals surface area (Å²) in [6.07, 6.45) is 0. The fourth-order valence-electron chi connectivity index (χ4n) is 2.39. The molecule has 0 aromatic heterocycles. The average molecular weight is 353 g/mol. The van der Waals surface area contributed by atoms with Crippen LogP contribution in [0.15, 0.2) is 54.6 Å². The lowest BCUT2D eigenvalue weighted by molar-refractivity contribution is -0.123. The first-order valence-electron chi connectivity index (χ1n) is 8.68. The van der Waals surface area contributed by atoms with Crippen molar-refractivity contribution in [3.8, 4) is 0 Å². The summed E-state index contributed by atoms with van der Waals surface area (Å²) in [6, 6.07) is 17.2. The topological polar surface area (TPSA) is 61.4 Å². The van der Waals surface area contributed by atoms with Gasteiger partial charge in [0, 0.05) is 23.3 Å². The molecule has 0 saturated heterocycles. The smallest absolute Gasteiger partial charge is 0.238 e. The van der Waals surface area contributed by atoms with E-state index in [4.69, 9.17) is 0 Å². The van der Waals surface area contributed by atoms with Gasteiger partial charge in [-0.3, -0.25) is 14.5 Å². The van der Waals surface area contributed by atoms with Gasteiger partial charge in [-0.1, -0.05) is 57.2 Å². The predicted molar refractivity (Wildman–Crippen MR) is 106 cm³/mol. The Morgan fingerprint density at radius 3 is 2.15 bits per heavy atom. The van der Waals surface area contributed by atoms with Gasteiger partial charge in [0.05, 0.1) is 6.54 Å². The van der Waals surface area contributed by atoms with E-state index in [2.05, 4.69) is 10.6 Å². The summed E-state index contributed by atoms with van der Waals surface area (Å²) < 4.78 is 0. The number of benzene rings is 2. The third-order valence-electron chi connectivity index (χ3n) is 3.79. The number of likely N-dealkylation sites (N-methyl/N-ethyl adjacent to an activating group) is 1. The molecule has 0 unspecified atom stereocenters. The van der Waals surface area contributed by atoms with Gasteiger partial charge in [-0.2, -0.15) is 0 Å². The third kappa shape index (κ3) is 6.33. The van der Waals surface area contributed by atoms with Gasteiger partial charge in [-0.25, -0.2) is 0 Å². The van der Waals surface area contributed by atoms with Crippen molar-refractivity contribution < 1.29 is 9.59 Å². The van der Waals surface area contributed by atoms with Crippen LogP contribution >= 0.6 is 0 Å². The van der Waals surface area contributed by atoms with E-state index in [1.54, 1.807) is 12.1 Å². The number of nitrogens with one attached hydrogen (secondary N) is 2. The quantitative estimate of drug-likeness (QED) is 0.831. The Morgan fingerprint density at radius 2 is 1.54 bits per heavy atom. The molecule has 2 amide bonds. The summed E-state index contributed by atoms with van der Waals surface area (Å²) in [7, 11) is 1.91. The summed E-state index contributed by atoms with van der Waals surface area (Å²) in [6.45, 7) is 6.56. The Balaban J connectivity index is 1.90. The minimum atomic E-state index is -0.473. The standard InChI is InChI=1S/C21H27N3O2/c1-21(2,3)20(26)23-18-12-8-11-17(13-18)22-19(25)15-24(4)14-16-9-6-5-7-10-16/h5-13H,14-15H2,1-4H3,(H,22,25)(H,23,26). The van der Waals surface area contributed by atoms with Crippen molar-refractivity contribution in [1.82, 2.24) is 4.90 Å². The SMILES string of the molecule is CN(CC(=O)Nc1cccc(NC(=O)C(C)(C)C)c1)Cc1ccccc1. The summed E-state index contributed by atoms with van der Waals surface area (Å²) >= 11 is 0. The molecule has 5 heteroatoms. The summed E-state index contributed by atoms with van der Waals surface area (Å²) in [5, 5.41) is 5.75. The minimum absolute atomic E-state index is 0.0661. The van der Waals surface area contributed by atoms with Crippen LogP contribution in [-0.4, -0.2) is 30.3 Å². The highest BCUT2D eigenvalue weighted by Gasteiger charge is 2.21. The Kier molecular flexibility index (Phi) is 6.52. The highest BCUT2D eigenvalue weighted by atomic mass is 16.2. The molecule has 5 nitrogen and oxygen atoms in total. The number of anilines is 2. The third-order valence-corrected chi connectivity index (χ3v) is 3.79. The van der Waals surface area contributed by atoms with Gasteiger partial charge in [0.1, 0.15) is 0 Å². The van der Waals surface area contributed by atoms with Crippen LogP contribution in [0.5, 0.6) is 0 Å². The van der Waals surface area contributed by atoms with Crippen LogP contribution in [0.1, 0.15) is 26.3 Å². The Hall–Kier alpha value is -2.66. The number of hydrogen-bond donors (Lipinski definition) is 2. The van der Waals surface area contributed by atoms with Crippen LogP contribution in [-0.2, 0) is 16.1 Å². The number of amides is 2. The molecule has 2 aromatic carbocycles. The maximum absolute atomic E-state index is 12.3. The number of carbonyl (C=O) groups excluding carboxylic acids is 2. The van der Waals surface area contributed by atoms with E-state index in [0.717, 1.165) is 5.56 Å². The molecule has 0 radical (unpaired) electrons. The largest absolute Gasteiger partial charge is 0.326 e. The minimum Gasteiger partial charge on any atom is -0.326 e. The van der Waals surface area contributed by atoms with Gasteiger partial charge in [0.2, 0.25) is 11.8 Å². The van der Waals surface area contributed by atoms with Crippen molar-refractivity contribution in [3.05, 3.63) is 60.2 Å². The zero-order valence-corrected chi connectivity index (χ0v) is 15.9. The van der Waals surface area contributed by atoms with Crippen molar-refractivity contribution in [3.63, 3.8) is 0 Å². The highest BCUT2D eigenvalue weighted by Crippen LogP contribution is 2.20. The molecule has 0 bridgehead atoms. The molecule has 0 saturated carbocycles. The van der Waals surface area contributed by atoms with Gasteiger partial charge in [0.25, 0.3) is 0 Å². The molecule has 0 heterocycles. The van der Waals surface area contributed by atoms with E-state index in [-0.39, 0.29) is 18.4 Å². The summed E-state index contributed by atoms with van der Waals surface area (Å²) in [4.78, 5) is 26.3. The zero-order valence-electron chi connectivity index (χ0n) is 15.9. The van der Waals surface area contributed by atoms with Gasteiger partial charge >= 0.3 is 0 Å². The Bertz CT molecular complexity index is 751. The second-order valence-corrected chi connectivity index (χ2v) is 7.49. The molecule has 2 aromatic rings. The van der Waals surface area contributed by atoms with Gasteiger partial charge in [0.15, 0.2) is 0 Å². The molecule has 2 N–H and O–H groups in total. The summed E-state index contributed by atoms with van der Waals surface area (Å²) in [5.74, 6) is -0.161. The first-order valence-corrected chi connectivity index (χ1v) is 8.68. The second kappa shape index (κ2) is 8.63. The molecule has 0 aliphatic rings. The molecule has 0 aliphatic carbocycles. The van der Waals surface area contributed by atoms with Crippen molar-refractivity contribution in [2.24, 2.45) is 5.41 Å². The average Bonchev–Trinajstić information content (AvgIpc) is 2.54. The van der Waals surface area contributed by atoms with Crippen molar-refractivity contribution in [2.75, 3.05) is 24.2 Å². The first-order chi connectivity index (χ1) is 12.2. The fraction of sp³-hybridized carbons (Fsp3) is 0.333. The Labute approximate surface area is 155 Å². The maximum Gasteiger partial charge on any atom is 0.238 e. The Morgan fingerprint density at radius 1 is 0.923 bits per heavy atom. The highest BCUT2D eigenvalue weighted by molar-refractivity contribution is 5.96. The van der Waals surface area contributed by atoms with E-state index < -0.39 is 5.41 Å². The number of rotatable bonds is 6. The van der Waals surface area contributed by atoms with Crippen LogP contribution in [0.3, 0.4) is 0 Å². The van der Waals surface area contributed by atoms with Crippen LogP contribution in [0, 0.1) is 5.41 Å². The lowest BCUT2D eigenvalue weighted by Gasteiger charge is -2.18. The normalized spacial score (nSPS) is 11.3. The van der Waals surface area contributed by atoms with Crippen LogP contribution in [0.4, 0.5) is 11.4 Å². The molecule has 2 rings (SSSR count). The van der Waals surface area contributed by atoms with Crippen molar-refractivity contribution in [1.29, 1.82) is 0 Å². The van der Waals surface area contributed by atoms with E-state index in [9.17, 15) is 9.59 Å². The maximum atomic E-state index is 12.3. The van der Waals surface area contributed by atoms with Crippen molar-refractivity contribution >= 4 is 23.2 Å². The molecule has 26 heavy (non-hydrogen) atoms. The molecule has 0 aliphatic heterocycles. The monoisotopic (exact) mass is 353 g/mol. The fourth-order valence-corrected chi connectivity index (χ4v) is 2.39. The van der Waals surface area contributed by atoms with E-state index >= 15 is 0 Å². The predicted octanol–water partition coefficient (Wildman–Crippen LogP) is 3.74. The molecule has 0 fully saturated rings. The lowest BCUT2D eigenvalue weighted by atomic mass is 9.95. The number of carbonyl (C=O) groups is 2. The lowest BCUT2D eigenvalue weighted by Crippen LogP contribution is -2.30. The molecular weight excluding hydrogens is 326 g/mol. The molecule has 0 atom stereocenters. The van der Waals surface area contributed by atoms with E-state index in [0.29, 0.717) is 17.9 Å². The molecule has 0 spiro atoms. The van der Waals surface area contributed by atoms with E-state index in [1.165, 1.54) is 0 Å². The second-order valence-electron chi connectivity index (χ2n) is 7.49. The van der Waals surface area contributed by atoms with Crippen LogP contribution < -0.4 is 10.6 Å². The number of nitrogens with zero attached hydrogens (tertiary/aromatic N) is 1. The summed E-state index contributed by atoms with van der Waals surface area (Å²) in [5.41, 5.74) is 2.02. The van der Waals surface area contributed by atoms with Gasteiger partial charge in [-0.15, -0.1) is 0 Å². The molecule has 138 valence electrons. The number of hydrogen-bond acceptors (Lipinski definition) is 3. The zero-order chi connectivity index (χ0) is 19.2.